The van der Waals surface area contributed by atoms with Gasteiger partial charge in [-0.05, 0) is 26.9 Å². The SMILES string of the molecule is Cc1nc(N2CC(C)C(N(C)C)C2)ncc1CNC(C)C. The van der Waals surface area contributed by atoms with E-state index < -0.39 is 0 Å². The highest BCUT2D eigenvalue weighted by molar-refractivity contribution is 5.35. The van der Waals surface area contributed by atoms with Crippen LogP contribution in [-0.2, 0) is 6.54 Å². The summed E-state index contributed by atoms with van der Waals surface area (Å²) in [6.45, 7) is 11.6. The Hall–Kier alpha value is -1.20. The van der Waals surface area contributed by atoms with Crippen molar-refractivity contribution in [3.63, 3.8) is 0 Å². The summed E-state index contributed by atoms with van der Waals surface area (Å²) in [5.74, 6) is 1.52. The monoisotopic (exact) mass is 291 g/mol. The minimum atomic E-state index is 0.476. The summed E-state index contributed by atoms with van der Waals surface area (Å²) in [6.07, 6.45) is 1.97. The van der Waals surface area contributed by atoms with Gasteiger partial charge >= 0.3 is 0 Å². The van der Waals surface area contributed by atoms with Crippen molar-refractivity contribution in [2.24, 2.45) is 5.92 Å². The van der Waals surface area contributed by atoms with Gasteiger partial charge in [0.2, 0.25) is 5.95 Å². The van der Waals surface area contributed by atoms with E-state index in [4.69, 9.17) is 4.98 Å². The smallest absolute Gasteiger partial charge is 0.225 e. The molecule has 2 heterocycles. The molecular formula is C16H29N5. The molecule has 0 amide bonds. The highest BCUT2D eigenvalue weighted by Gasteiger charge is 2.32. The Labute approximate surface area is 128 Å². The lowest BCUT2D eigenvalue weighted by molar-refractivity contribution is 0.266. The lowest BCUT2D eigenvalue weighted by atomic mass is 10.1. The molecule has 1 aromatic rings. The van der Waals surface area contributed by atoms with Crippen LogP contribution in [0.5, 0.6) is 0 Å². The average Bonchev–Trinajstić information content (AvgIpc) is 2.79. The van der Waals surface area contributed by atoms with Crippen molar-refractivity contribution in [3.8, 4) is 0 Å². The topological polar surface area (TPSA) is 44.3 Å². The number of rotatable bonds is 5. The Morgan fingerprint density at radius 1 is 1.38 bits per heavy atom. The van der Waals surface area contributed by atoms with Gasteiger partial charge in [-0.1, -0.05) is 20.8 Å². The van der Waals surface area contributed by atoms with Crippen LogP contribution < -0.4 is 10.2 Å². The molecule has 1 saturated heterocycles. The highest BCUT2D eigenvalue weighted by atomic mass is 15.3. The molecule has 0 aromatic carbocycles. The van der Waals surface area contributed by atoms with Crippen molar-refractivity contribution in [1.82, 2.24) is 20.2 Å². The first kappa shape index (κ1) is 16.2. The first-order valence-corrected chi connectivity index (χ1v) is 7.85. The Kier molecular flexibility index (Phi) is 5.17. The lowest BCUT2D eigenvalue weighted by Gasteiger charge is -2.22. The second kappa shape index (κ2) is 6.71. The number of nitrogens with zero attached hydrogens (tertiary/aromatic N) is 4. The first-order chi connectivity index (χ1) is 9.88. The van der Waals surface area contributed by atoms with Crippen molar-refractivity contribution in [1.29, 1.82) is 0 Å². The molecule has 118 valence electrons. The molecule has 2 atom stereocenters. The van der Waals surface area contributed by atoms with Crippen LogP contribution in [0.4, 0.5) is 5.95 Å². The first-order valence-electron chi connectivity index (χ1n) is 7.85. The van der Waals surface area contributed by atoms with Crippen LogP contribution in [0.25, 0.3) is 0 Å². The van der Waals surface area contributed by atoms with Gasteiger partial charge in [0.25, 0.3) is 0 Å². The lowest BCUT2D eigenvalue weighted by Crippen LogP contribution is -2.34. The minimum Gasteiger partial charge on any atom is -0.339 e. The Morgan fingerprint density at radius 2 is 2.10 bits per heavy atom. The summed E-state index contributed by atoms with van der Waals surface area (Å²) in [4.78, 5) is 13.9. The predicted molar refractivity (Wildman–Crippen MR) is 87.6 cm³/mol. The van der Waals surface area contributed by atoms with Crippen LogP contribution in [0.1, 0.15) is 32.0 Å². The van der Waals surface area contributed by atoms with Gasteiger partial charge in [-0.15, -0.1) is 0 Å². The summed E-state index contributed by atoms with van der Waals surface area (Å²) >= 11 is 0. The fourth-order valence-corrected chi connectivity index (χ4v) is 2.90. The molecular weight excluding hydrogens is 262 g/mol. The standard InChI is InChI=1S/C16H29N5/c1-11(2)17-7-14-8-18-16(19-13(14)4)21-9-12(3)15(10-21)20(5)6/h8,11-12,15,17H,7,9-10H2,1-6H3. The van der Waals surface area contributed by atoms with Gasteiger partial charge in [0.05, 0.1) is 0 Å². The molecule has 0 spiro atoms. The fraction of sp³-hybridized carbons (Fsp3) is 0.750. The van der Waals surface area contributed by atoms with E-state index in [1.165, 1.54) is 5.56 Å². The fourth-order valence-electron chi connectivity index (χ4n) is 2.90. The van der Waals surface area contributed by atoms with E-state index in [1.54, 1.807) is 0 Å². The molecule has 0 aliphatic carbocycles. The van der Waals surface area contributed by atoms with Crippen LogP contribution in [0.2, 0.25) is 0 Å². The zero-order chi connectivity index (χ0) is 15.6. The van der Waals surface area contributed by atoms with Gasteiger partial charge in [-0.25, -0.2) is 9.97 Å². The van der Waals surface area contributed by atoms with E-state index in [1.807, 2.05) is 6.20 Å². The van der Waals surface area contributed by atoms with Gasteiger partial charge < -0.3 is 15.1 Å². The number of aromatic nitrogens is 2. The molecule has 1 fully saturated rings. The molecule has 1 aliphatic rings. The van der Waals surface area contributed by atoms with Crippen LogP contribution >= 0.6 is 0 Å². The Bertz CT molecular complexity index is 472. The summed E-state index contributed by atoms with van der Waals surface area (Å²) in [5.41, 5.74) is 2.26. The second-order valence-electron chi connectivity index (χ2n) is 6.73. The number of aryl methyl sites for hydroxylation is 1. The van der Waals surface area contributed by atoms with Crippen LogP contribution in [0.3, 0.4) is 0 Å². The third-order valence-corrected chi connectivity index (χ3v) is 4.29. The average molecular weight is 291 g/mol. The Morgan fingerprint density at radius 3 is 2.62 bits per heavy atom. The molecule has 0 bridgehead atoms. The van der Waals surface area contributed by atoms with E-state index in [0.29, 0.717) is 18.0 Å². The van der Waals surface area contributed by atoms with E-state index in [2.05, 4.69) is 61.9 Å². The predicted octanol–water partition coefficient (Wildman–Crippen LogP) is 1.67. The normalized spacial score (nSPS) is 22.6. The largest absolute Gasteiger partial charge is 0.339 e. The van der Waals surface area contributed by atoms with Crippen molar-refractivity contribution < 1.29 is 0 Å². The van der Waals surface area contributed by atoms with Crippen molar-refractivity contribution in [2.45, 2.75) is 46.3 Å². The van der Waals surface area contributed by atoms with Gasteiger partial charge in [-0.3, -0.25) is 0 Å². The van der Waals surface area contributed by atoms with Crippen LogP contribution in [0.15, 0.2) is 6.20 Å². The van der Waals surface area contributed by atoms with E-state index >= 15 is 0 Å². The molecule has 0 saturated carbocycles. The van der Waals surface area contributed by atoms with Crippen molar-refractivity contribution >= 4 is 5.95 Å². The van der Waals surface area contributed by atoms with Crippen LogP contribution in [-0.4, -0.2) is 54.1 Å². The summed E-state index contributed by atoms with van der Waals surface area (Å²) in [5, 5.41) is 3.42. The van der Waals surface area contributed by atoms with E-state index in [-0.39, 0.29) is 0 Å². The molecule has 5 heteroatoms. The number of anilines is 1. The number of likely N-dealkylation sites (N-methyl/N-ethyl adjacent to an activating group) is 1. The van der Waals surface area contributed by atoms with Crippen LogP contribution in [0, 0.1) is 12.8 Å². The molecule has 2 rings (SSSR count). The molecule has 1 aliphatic heterocycles. The summed E-state index contributed by atoms with van der Waals surface area (Å²) < 4.78 is 0. The van der Waals surface area contributed by atoms with Crippen molar-refractivity contribution in [3.05, 3.63) is 17.5 Å². The van der Waals surface area contributed by atoms with E-state index in [0.717, 1.165) is 31.3 Å². The summed E-state index contributed by atoms with van der Waals surface area (Å²) in [7, 11) is 4.30. The summed E-state index contributed by atoms with van der Waals surface area (Å²) in [6, 6.07) is 1.06. The second-order valence-corrected chi connectivity index (χ2v) is 6.73. The third kappa shape index (κ3) is 3.92. The Balaban J connectivity index is 2.07. The van der Waals surface area contributed by atoms with E-state index in [9.17, 15) is 0 Å². The van der Waals surface area contributed by atoms with Gasteiger partial charge in [0.15, 0.2) is 0 Å². The minimum absolute atomic E-state index is 0.476. The third-order valence-electron chi connectivity index (χ3n) is 4.29. The quantitative estimate of drug-likeness (QED) is 0.894. The van der Waals surface area contributed by atoms with Gasteiger partial charge in [0, 0.05) is 49.2 Å². The molecule has 5 nitrogen and oxygen atoms in total. The molecule has 1 aromatic heterocycles. The number of hydrogen-bond acceptors (Lipinski definition) is 5. The zero-order valence-electron chi connectivity index (χ0n) is 14.2. The molecule has 2 unspecified atom stereocenters. The number of nitrogens with one attached hydrogen (secondary N) is 1. The molecule has 21 heavy (non-hydrogen) atoms. The molecule has 1 N–H and O–H groups in total. The van der Waals surface area contributed by atoms with Gasteiger partial charge in [0.1, 0.15) is 0 Å². The molecule has 0 radical (unpaired) electrons. The zero-order valence-corrected chi connectivity index (χ0v) is 14.2. The highest BCUT2D eigenvalue weighted by Crippen LogP contribution is 2.24. The number of hydrogen-bond donors (Lipinski definition) is 1. The maximum Gasteiger partial charge on any atom is 0.225 e. The maximum atomic E-state index is 4.72. The van der Waals surface area contributed by atoms with Gasteiger partial charge in [-0.2, -0.15) is 0 Å². The maximum absolute atomic E-state index is 4.72. The van der Waals surface area contributed by atoms with Crippen molar-refractivity contribution in [2.75, 3.05) is 32.1 Å².